The van der Waals surface area contributed by atoms with Gasteiger partial charge in [-0.2, -0.15) is 0 Å². The van der Waals surface area contributed by atoms with E-state index in [9.17, 15) is 4.79 Å². The Kier molecular flexibility index (Phi) is 5.89. The van der Waals surface area contributed by atoms with Crippen LogP contribution in [0.25, 0.3) is 11.5 Å². The number of methoxy groups -OCH3 is 2. The topological polar surface area (TPSA) is 104 Å². The van der Waals surface area contributed by atoms with Crippen molar-refractivity contribution in [3.63, 3.8) is 0 Å². The van der Waals surface area contributed by atoms with E-state index < -0.39 is 0 Å². The molecule has 4 aromatic rings. The van der Waals surface area contributed by atoms with Gasteiger partial charge in [-0.25, -0.2) is 9.67 Å². The fraction of sp³-hybridized carbons (Fsp3) is 0.217. The van der Waals surface area contributed by atoms with E-state index in [-0.39, 0.29) is 11.6 Å². The van der Waals surface area contributed by atoms with Crippen LogP contribution in [0.4, 0.5) is 5.69 Å². The molecule has 0 unspecified atom stereocenters. The minimum atomic E-state index is -0.390. The van der Waals surface area contributed by atoms with Crippen molar-refractivity contribution in [3.8, 4) is 23.0 Å². The molecule has 32 heavy (non-hydrogen) atoms. The minimum Gasteiger partial charge on any atom is -0.497 e. The quantitative estimate of drug-likeness (QED) is 0.472. The molecule has 0 aliphatic heterocycles. The third kappa shape index (κ3) is 4.18. The number of carbonyl (C=O) groups is 1. The maximum absolute atomic E-state index is 12.8. The Bertz CT molecular complexity index is 1250. The highest BCUT2D eigenvalue weighted by Crippen LogP contribution is 2.29. The molecule has 1 amide bonds. The molecule has 2 aromatic heterocycles. The zero-order valence-electron chi connectivity index (χ0n) is 18.2. The molecule has 0 aliphatic carbocycles. The summed E-state index contributed by atoms with van der Waals surface area (Å²) >= 11 is 0. The molecule has 9 heteroatoms. The lowest BCUT2D eigenvalue weighted by molar-refractivity contribution is 0.102. The lowest BCUT2D eigenvalue weighted by Crippen LogP contribution is -2.15. The molecule has 0 bridgehead atoms. The van der Waals surface area contributed by atoms with E-state index in [0.29, 0.717) is 41.1 Å². The molecule has 0 radical (unpaired) electrons. The van der Waals surface area contributed by atoms with E-state index in [2.05, 4.69) is 20.6 Å². The van der Waals surface area contributed by atoms with Gasteiger partial charge in [0.05, 0.1) is 32.1 Å². The van der Waals surface area contributed by atoms with Crippen molar-refractivity contribution in [2.45, 2.75) is 20.4 Å². The number of rotatable bonds is 7. The molecule has 0 spiro atoms. The number of aryl methyl sites for hydroxylation is 1. The van der Waals surface area contributed by atoms with Crippen molar-refractivity contribution < 1.29 is 18.7 Å². The molecule has 2 aromatic carbocycles. The number of aromatic nitrogens is 4. The number of hydrogen-bond acceptors (Lipinski definition) is 7. The second-order valence-electron chi connectivity index (χ2n) is 7.09. The van der Waals surface area contributed by atoms with E-state index in [1.807, 2.05) is 37.3 Å². The van der Waals surface area contributed by atoms with Gasteiger partial charge in [-0.15, -0.1) is 5.10 Å². The Labute approximate surface area is 185 Å². The van der Waals surface area contributed by atoms with Gasteiger partial charge in [0.2, 0.25) is 5.89 Å². The van der Waals surface area contributed by atoms with E-state index in [1.165, 1.54) is 7.11 Å². The zero-order chi connectivity index (χ0) is 22.7. The van der Waals surface area contributed by atoms with Gasteiger partial charge >= 0.3 is 0 Å². The maximum atomic E-state index is 12.8. The molecule has 0 saturated carbocycles. The average Bonchev–Trinajstić information content (AvgIpc) is 3.37. The standard InChI is InChI=1S/C23H23N5O4/c1-14-21(22(29)24-18-11-10-17(30-3)12-20(18)31-4)26-27-28(14)13-19-15(2)32-23(25-19)16-8-6-5-7-9-16/h5-12H,13H2,1-4H3,(H,24,29). The first kappa shape index (κ1) is 21.1. The van der Waals surface area contributed by atoms with Gasteiger partial charge in [0.15, 0.2) is 5.69 Å². The Morgan fingerprint density at radius 3 is 2.59 bits per heavy atom. The largest absolute Gasteiger partial charge is 0.497 e. The first-order chi connectivity index (χ1) is 15.5. The van der Waals surface area contributed by atoms with Crippen molar-refractivity contribution in [1.29, 1.82) is 0 Å². The van der Waals surface area contributed by atoms with E-state index in [0.717, 1.165) is 11.3 Å². The van der Waals surface area contributed by atoms with Crippen molar-refractivity contribution in [2.24, 2.45) is 0 Å². The summed E-state index contributed by atoms with van der Waals surface area (Å²) in [5.74, 6) is 1.95. The summed E-state index contributed by atoms with van der Waals surface area (Å²) < 4.78 is 18.0. The molecule has 0 saturated heterocycles. The van der Waals surface area contributed by atoms with Crippen molar-refractivity contribution >= 4 is 11.6 Å². The Morgan fingerprint density at radius 1 is 1.09 bits per heavy atom. The molecule has 9 nitrogen and oxygen atoms in total. The summed E-state index contributed by atoms with van der Waals surface area (Å²) in [6, 6.07) is 14.8. The summed E-state index contributed by atoms with van der Waals surface area (Å²) in [7, 11) is 3.09. The van der Waals surface area contributed by atoms with Crippen LogP contribution in [0.1, 0.15) is 27.6 Å². The molecule has 0 aliphatic rings. The van der Waals surface area contributed by atoms with Crippen LogP contribution in [-0.4, -0.2) is 40.1 Å². The number of anilines is 1. The minimum absolute atomic E-state index is 0.215. The number of hydrogen-bond donors (Lipinski definition) is 1. The summed E-state index contributed by atoms with van der Waals surface area (Å²) in [6.07, 6.45) is 0. The highest BCUT2D eigenvalue weighted by molar-refractivity contribution is 6.04. The van der Waals surface area contributed by atoms with Crippen LogP contribution in [0, 0.1) is 13.8 Å². The van der Waals surface area contributed by atoms with Crippen LogP contribution < -0.4 is 14.8 Å². The molecule has 1 N–H and O–H groups in total. The third-order valence-corrected chi connectivity index (χ3v) is 5.07. The number of nitrogens with zero attached hydrogens (tertiary/aromatic N) is 4. The fourth-order valence-electron chi connectivity index (χ4n) is 3.22. The van der Waals surface area contributed by atoms with Crippen LogP contribution in [-0.2, 0) is 6.54 Å². The van der Waals surface area contributed by atoms with Gasteiger partial charge in [0.25, 0.3) is 5.91 Å². The molecule has 164 valence electrons. The predicted octanol–water partition coefficient (Wildman–Crippen LogP) is 3.87. The molecule has 2 heterocycles. The monoisotopic (exact) mass is 433 g/mol. The van der Waals surface area contributed by atoms with Crippen LogP contribution >= 0.6 is 0 Å². The molecule has 4 rings (SSSR count). The summed E-state index contributed by atoms with van der Waals surface area (Å²) in [4.78, 5) is 17.4. The second kappa shape index (κ2) is 8.93. The fourth-order valence-corrected chi connectivity index (χ4v) is 3.22. The van der Waals surface area contributed by atoms with Gasteiger partial charge in [-0.3, -0.25) is 4.79 Å². The second-order valence-corrected chi connectivity index (χ2v) is 7.09. The van der Waals surface area contributed by atoms with Crippen LogP contribution in [0.15, 0.2) is 52.9 Å². The highest BCUT2D eigenvalue weighted by atomic mass is 16.5. The first-order valence-electron chi connectivity index (χ1n) is 9.95. The van der Waals surface area contributed by atoms with Crippen molar-refractivity contribution in [1.82, 2.24) is 20.0 Å². The van der Waals surface area contributed by atoms with Crippen LogP contribution in [0.5, 0.6) is 11.5 Å². The Balaban J connectivity index is 1.53. The van der Waals surface area contributed by atoms with Crippen molar-refractivity contribution in [3.05, 3.63) is 71.4 Å². The number of benzene rings is 2. The number of oxazole rings is 1. The number of carbonyl (C=O) groups excluding carboxylic acids is 1. The first-order valence-corrected chi connectivity index (χ1v) is 9.95. The molecular weight excluding hydrogens is 410 g/mol. The zero-order valence-corrected chi connectivity index (χ0v) is 18.2. The van der Waals surface area contributed by atoms with Gasteiger partial charge < -0.3 is 19.2 Å². The highest BCUT2D eigenvalue weighted by Gasteiger charge is 2.20. The lowest BCUT2D eigenvalue weighted by Gasteiger charge is -2.11. The van der Waals surface area contributed by atoms with Gasteiger partial charge in [-0.05, 0) is 38.1 Å². The van der Waals surface area contributed by atoms with E-state index in [4.69, 9.17) is 13.9 Å². The molecular formula is C23H23N5O4. The molecule has 0 fully saturated rings. The summed E-state index contributed by atoms with van der Waals surface area (Å²) in [5.41, 5.74) is 2.95. The molecule has 0 atom stereocenters. The smallest absolute Gasteiger partial charge is 0.278 e. The van der Waals surface area contributed by atoms with Gasteiger partial charge in [0, 0.05) is 11.6 Å². The predicted molar refractivity (Wildman–Crippen MR) is 118 cm³/mol. The summed E-state index contributed by atoms with van der Waals surface area (Å²) in [5, 5.41) is 11.0. The van der Waals surface area contributed by atoms with Gasteiger partial charge in [0.1, 0.15) is 23.0 Å². The normalized spacial score (nSPS) is 10.8. The third-order valence-electron chi connectivity index (χ3n) is 5.07. The lowest BCUT2D eigenvalue weighted by atomic mass is 10.2. The average molecular weight is 433 g/mol. The Morgan fingerprint density at radius 2 is 1.88 bits per heavy atom. The van der Waals surface area contributed by atoms with E-state index in [1.54, 1.807) is 36.9 Å². The van der Waals surface area contributed by atoms with Crippen LogP contribution in [0.2, 0.25) is 0 Å². The van der Waals surface area contributed by atoms with E-state index >= 15 is 0 Å². The van der Waals surface area contributed by atoms with Crippen LogP contribution in [0.3, 0.4) is 0 Å². The van der Waals surface area contributed by atoms with Crippen molar-refractivity contribution in [2.75, 3.05) is 19.5 Å². The SMILES string of the molecule is COc1ccc(NC(=O)c2nnn(Cc3nc(-c4ccccc4)oc3C)c2C)c(OC)c1. The Hall–Kier alpha value is -4.14. The number of amides is 1. The summed E-state index contributed by atoms with van der Waals surface area (Å²) in [6.45, 7) is 3.97. The maximum Gasteiger partial charge on any atom is 0.278 e. The number of nitrogens with one attached hydrogen (secondary N) is 1. The van der Waals surface area contributed by atoms with Gasteiger partial charge in [-0.1, -0.05) is 23.4 Å². The number of ether oxygens (including phenoxy) is 2.